The topological polar surface area (TPSA) is 58.4 Å². The van der Waals surface area contributed by atoms with Crippen molar-refractivity contribution in [3.05, 3.63) is 15.9 Å². The minimum atomic E-state index is -0.768. The lowest BCUT2D eigenvalue weighted by molar-refractivity contribution is -0.137. The minimum Gasteiger partial charge on any atom is -0.481 e. The first-order chi connectivity index (χ1) is 7.95. The molecule has 17 heavy (non-hydrogen) atoms. The van der Waals surface area contributed by atoms with Crippen molar-refractivity contribution in [2.45, 2.75) is 33.4 Å². The molecule has 1 heterocycles. The summed E-state index contributed by atoms with van der Waals surface area (Å²) in [6.45, 7) is 6.05. The standard InChI is InChI=1S/C11H18BrN3O2/c1-4-15-9(11(12)8(2)13-15)7-14(3)6-5-10(16)17/h4-7H2,1-3H3,(H,16,17). The molecule has 6 heteroatoms. The number of halogens is 1. The van der Waals surface area contributed by atoms with E-state index in [9.17, 15) is 4.79 Å². The lowest BCUT2D eigenvalue weighted by Gasteiger charge is -2.16. The molecule has 5 nitrogen and oxygen atoms in total. The molecule has 1 N–H and O–H groups in total. The van der Waals surface area contributed by atoms with Gasteiger partial charge in [0.25, 0.3) is 0 Å². The molecule has 0 aliphatic heterocycles. The normalized spacial score (nSPS) is 11.1. The number of rotatable bonds is 6. The average Bonchev–Trinajstić information content (AvgIpc) is 2.54. The molecule has 0 fully saturated rings. The van der Waals surface area contributed by atoms with Gasteiger partial charge in [-0.1, -0.05) is 0 Å². The summed E-state index contributed by atoms with van der Waals surface area (Å²) < 4.78 is 2.96. The van der Waals surface area contributed by atoms with Crippen molar-refractivity contribution in [2.75, 3.05) is 13.6 Å². The van der Waals surface area contributed by atoms with Gasteiger partial charge in [0, 0.05) is 19.6 Å². The first-order valence-electron chi connectivity index (χ1n) is 5.57. The van der Waals surface area contributed by atoms with E-state index in [1.54, 1.807) is 0 Å². The molecule has 0 radical (unpaired) electrons. The summed E-state index contributed by atoms with van der Waals surface area (Å²) in [5.74, 6) is -0.768. The van der Waals surface area contributed by atoms with Crippen molar-refractivity contribution in [1.82, 2.24) is 14.7 Å². The van der Waals surface area contributed by atoms with E-state index >= 15 is 0 Å². The van der Waals surface area contributed by atoms with Gasteiger partial charge in [0.1, 0.15) is 0 Å². The maximum absolute atomic E-state index is 10.5. The van der Waals surface area contributed by atoms with Crippen LogP contribution in [0.25, 0.3) is 0 Å². The Bertz CT molecular complexity index is 404. The van der Waals surface area contributed by atoms with Crippen molar-refractivity contribution >= 4 is 21.9 Å². The number of aromatic nitrogens is 2. The van der Waals surface area contributed by atoms with E-state index in [2.05, 4.69) is 21.0 Å². The fraction of sp³-hybridized carbons (Fsp3) is 0.636. The summed E-state index contributed by atoms with van der Waals surface area (Å²) in [4.78, 5) is 12.5. The molecule has 0 unspecified atom stereocenters. The van der Waals surface area contributed by atoms with Crippen LogP contribution in [0.2, 0.25) is 0 Å². The van der Waals surface area contributed by atoms with Crippen LogP contribution in [0.15, 0.2) is 4.47 Å². The monoisotopic (exact) mass is 303 g/mol. The Balaban J connectivity index is 2.70. The lowest BCUT2D eigenvalue weighted by Crippen LogP contribution is -2.23. The van der Waals surface area contributed by atoms with Gasteiger partial charge in [0.15, 0.2) is 0 Å². The zero-order valence-corrected chi connectivity index (χ0v) is 12.0. The van der Waals surface area contributed by atoms with Crippen LogP contribution in [0, 0.1) is 6.92 Å². The Morgan fingerprint density at radius 1 is 1.59 bits per heavy atom. The highest BCUT2D eigenvalue weighted by Gasteiger charge is 2.14. The smallest absolute Gasteiger partial charge is 0.304 e. The number of carbonyl (C=O) groups is 1. The zero-order chi connectivity index (χ0) is 13.0. The van der Waals surface area contributed by atoms with Crippen molar-refractivity contribution < 1.29 is 9.90 Å². The quantitative estimate of drug-likeness (QED) is 0.872. The minimum absolute atomic E-state index is 0.160. The van der Waals surface area contributed by atoms with Crippen LogP contribution in [-0.2, 0) is 17.9 Å². The number of hydrogen-bond donors (Lipinski definition) is 1. The van der Waals surface area contributed by atoms with Gasteiger partial charge < -0.3 is 5.11 Å². The van der Waals surface area contributed by atoms with Gasteiger partial charge >= 0.3 is 5.97 Å². The first-order valence-corrected chi connectivity index (χ1v) is 6.37. The first kappa shape index (κ1) is 14.2. The molecule has 0 saturated heterocycles. The molecule has 1 rings (SSSR count). The van der Waals surface area contributed by atoms with E-state index in [4.69, 9.17) is 5.11 Å². The van der Waals surface area contributed by atoms with Crippen LogP contribution >= 0.6 is 15.9 Å². The molecule has 1 aromatic rings. The summed E-state index contributed by atoms with van der Waals surface area (Å²) in [5, 5.41) is 13.0. The molecular formula is C11H18BrN3O2. The molecule has 1 aromatic heterocycles. The van der Waals surface area contributed by atoms with Crippen molar-refractivity contribution in [2.24, 2.45) is 0 Å². The molecule has 0 amide bonds. The van der Waals surface area contributed by atoms with Crippen LogP contribution in [0.1, 0.15) is 24.7 Å². The molecule has 0 aromatic carbocycles. The lowest BCUT2D eigenvalue weighted by atomic mass is 10.3. The largest absolute Gasteiger partial charge is 0.481 e. The predicted octanol–water partition coefficient (Wildman–Crippen LogP) is 1.88. The van der Waals surface area contributed by atoms with Crippen LogP contribution in [0.5, 0.6) is 0 Å². The van der Waals surface area contributed by atoms with Crippen molar-refractivity contribution in [3.63, 3.8) is 0 Å². The number of aliphatic carboxylic acids is 1. The Morgan fingerprint density at radius 3 is 2.76 bits per heavy atom. The van der Waals surface area contributed by atoms with E-state index in [1.807, 2.05) is 30.5 Å². The predicted molar refractivity (Wildman–Crippen MR) is 68.9 cm³/mol. The summed E-state index contributed by atoms with van der Waals surface area (Å²) in [6.07, 6.45) is 0.160. The number of nitrogens with zero attached hydrogens (tertiary/aromatic N) is 3. The Hall–Kier alpha value is -0.880. The Kier molecular flexibility index (Phi) is 5.14. The van der Waals surface area contributed by atoms with Gasteiger partial charge in [-0.05, 0) is 36.8 Å². The summed E-state index contributed by atoms with van der Waals surface area (Å²) in [5.41, 5.74) is 2.06. The van der Waals surface area contributed by atoms with Gasteiger partial charge in [0.05, 0.1) is 22.3 Å². The Morgan fingerprint density at radius 2 is 2.24 bits per heavy atom. The van der Waals surface area contributed by atoms with Crippen molar-refractivity contribution in [1.29, 1.82) is 0 Å². The van der Waals surface area contributed by atoms with Crippen LogP contribution < -0.4 is 0 Å². The number of carboxylic acid groups (broad SMARTS) is 1. The van der Waals surface area contributed by atoms with Gasteiger partial charge in [-0.3, -0.25) is 14.4 Å². The molecule has 96 valence electrons. The van der Waals surface area contributed by atoms with Gasteiger partial charge in [-0.15, -0.1) is 0 Å². The van der Waals surface area contributed by atoms with E-state index in [1.165, 1.54) is 0 Å². The van der Waals surface area contributed by atoms with E-state index in [-0.39, 0.29) is 6.42 Å². The van der Waals surface area contributed by atoms with Crippen LogP contribution in [0.4, 0.5) is 0 Å². The molecule has 0 bridgehead atoms. The highest BCUT2D eigenvalue weighted by atomic mass is 79.9. The van der Waals surface area contributed by atoms with Crippen LogP contribution in [0.3, 0.4) is 0 Å². The molecule has 0 aliphatic rings. The second-order valence-corrected chi connectivity index (χ2v) is 4.84. The number of aryl methyl sites for hydroxylation is 2. The van der Waals surface area contributed by atoms with E-state index in [0.29, 0.717) is 13.1 Å². The summed E-state index contributed by atoms with van der Waals surface area (Å²) in [7, 11) is 1.91. The number of carboxylic acids is 1. The third-order valence-corrected chi connectivity index (χ3v) is 3.61. The van der Waals surface area contributed by atoms with Crippen LogP contribution in [-0.4, -0.2) is 39.3 Å². The van der Waals surface area contributed by atoms with Gasteiger partial charge in [-0.25, -0.2) is 0 Å². The molecule has 0 aliphatic carbocycles. The van der Waals surface area contributed by atoms with Crippen molar-refractivity contribution in [3.8, 4) is 0 Å². The molecule has 0 atom stereocenters. The van der Waals surface area contributed by atoms with E-state index < -0.39 is 5.97 Å². The van der Waals surface area contributed by atoms with Gasteiger partial charge in [-0.2, -0.15) is 5.10 Å². The average molecular weight is 304 g/mol. The second-order valence-electron chi connectivity index (χ2n) is 4.04. The molecule has 0 spiro atoms. The summed E-state index contributed by atoms with van der Waals surface area (Å²) in [6, 6.07) is 0. The fourth-order valence-corrected chi connectivity index (χ4v) is 2.05. The van der Waals surface area contributed by atoms with E-state index in [0.717, 1.165) is 22.4 Å². The third-order valence-electron chi connectivity index (χ3n) is 2.58. The molecule has 0 saturated carbocycles. The third kappa shape index (κ3) is 3.81. The molecular weight excluding hydrogens is 286 g/mol. The maximum Gasteiger partial charge on any atom is 0.304 e. The highest BCUT2D eigenvalue weighted by Crippen LogP contribution is 2.22. The van der Waals surface area contributed by atoms with Gasteiger partial charge in [0.2, 0.25) is 0 Å². The number of hydrogen-bond acceptors (Lipinski definition) is 3. The Labute approximate surface area is 110 Å². The second kappa shape index (κ2) is 6.16. The maximum atomic E-state index is 10.5. The zero-order valence-electron chi connectivity index (χ0n) is 10.4. The highest BCUT2D eigenvalue weighted by molar-refractivity contribution is 9.10. The SMILES string of the molecule is CCn1nc(C)c(Br)c1CN(C)CCC(=O)O. The fourth-order valence-electron chi connectivity index (χ4n) is 1.64. The summed E-state index contributed by atoms with van der Waals surface area (Å²) >= 11 is 3.52.